The van der Waals surface area contributed by atoms with Crippen molar-refractivity contribution >= 4 is 22.5 Å². The van der Waals surface area contributed by atoms with Gasteiger partial charge in [0.25, 0.3) is 0 Å². The van der Waals surface area contributed by atoms with E-state index < -0.39 is 0 Å². The SMILES string of the molecule is Cc1nc2n(c1C)CCN(Cc1ccc(Cl)c3cccnc13)C2. The molecule has 0 saturated carbocycles. The third-order valence-corrected chi connectivity index (χ3v) is 5.07. The second-order valence-corrected chi connectivity index (χ2v) is 6.57. The van der Waals surface area contributed by atoms with Crippen LogP contribution in [0.15, 0.2) is 30.5 Å². The van der Waals surface area contributed by atoms with Crippen LogP contribution in [0.3, 0.4) is 0 Å². The maximum absolute atomic E-state index is 6.29. The first-order chi connectivity index (χ1) is 11.1. The van der Waals surface area contributed by atoms with Crippen molar-refractivity contribution in [3.8, 4) is 0 Å². The summed E-state index contributed by atoms with van der Waals surface area (Å²) in [5.41, 5.74) is 4.65. The van der Waals surface area contributed by atoms with Crippen LogP contribution in [-0.4, -0.2) is 26.0 Å². The first-order valence-electron chi connectivity index (χ1n) is 7.90. The molecular formula is C18H19ClN4. The Bertz CT molecular complexity index is 884. The second-order valence-electron chi connectivity index (χ2n) is 6.17. The van der Waals surface area contributed by atoms with Crippen LogP contribution < -0.4 is 0 Å². The fourth-order valence-electron chi connectivity index (χ4n) is 3.36. The maximum atomic E-state index is 6.29. The number of aryl methyl sites for hydroxylation is 1. The third-order valence-electron chi connectivity index (χ3n) is 4.74. The average Bonchev–Trinajstić information content (AvgIpc) is 2.85. The molecule has 3 aromatic rings. The summed E-state index contributed by atoms with van der Waals surface area (Å²) in [5, 5.41) is 1.79. The molecule has 118 valence electrons. The molecule has 0 fully saturated rings. The zero-order chi connectivity index (χ0) is 16.0. The predicted molar refractivity (Wildman–Crippen MR) is 92.6 cm³/mol. The standard InChI is InChI=1S/C18H19ClN4/c1-12-13(2)23-9-8-22(11-17(23)21-12)10-14-5-6-16(19)15-4-3-7-20-18(14)15/h3-7H,8-11H2,1-2H3. The molecule has 0 spiro atoms. The van der Waals surface area contributed by atoms with Gasteiger partial charge in [-0.3, -0.25) is 9.88 Å². The minimum Gasteiger partial charge on any atom is -0.330 e. The van der Waals surface area contributed by atoms with Gasteiger partial charge in [0.15, 0.2) is 0 Å². The number of halogens is 1. The van der Waals surface area contributed by atoms with Gasteiger partial charge < -0.3 is 4.57 Å². The first kappa shape index (κ1) is 14.7. The van der Waals surface area contributed by atoms with E-state index in [-0.39, 0.29) is 0 Å². The minimum absolute atomic E-state index is 0.761. The summed E-state index contributed by atoms with van der Waals surface area (Å²) < 4.78 is 2.34. The van der Waals surface area contributed by atoms with Gasteiger partial charge in [-0.1, -0.05) is 17.7 Å². The van der Waals surface area contributed by atoms with Crippen LogP contribution in [-0.2, 0) is 19.6 Å². The summed E-state index contributed by atoms with van der Waals surface area (Å²) >= 11 is 6.29. The van der Waals surface area contributed by atoms with Crippen LogP contribution in [0, 0.1) is 13.8 Å². The van der Waals surface area contributed by atoms with E-state index in [1.807, 2.05) is 24.4 Å². The zero-order valence-electron chi connectivity index (χ0n) is 13.4. The predicted octanol–water partition coefficient (Wildman–Crippen LogP) is 3.72. The number of hydrogen-bond donors (Lipinski definition) is 0. The highest BCUT2D eigenvalue weighted by molar-refractivity contribution is 6.35. The summed E-state index contributed by atoms with van der Waals surface area (Å²) in [6.07, 6.45) is 1.83. The van der Waals surface area contributed by atoms with E-state index in [1.54, 1.807) is 0 Å². The summed E-state index contributed by atoms with van der Waals surface area (Å²) in [5.74, 6) is 1.16. The molecule has 0 aliphatic carbocycles. The topological polar surface area (TPSA) is 34.0 Å². The number of aromatic nitrogens is 3. The van der Waals surface area contributed by atoms with E-state index in [1.165, 1.54) is 11.3 Å². The van der Waals surface area contributed by atoms with Gasteiger partial charge in [0.1, 0.15) is 5.82 Å². The molecule has 23 heavy (non-hydrogen) atoms. The van der Waals surface area contributed by atoms with Crippen LogP contribution in [0.4, 0.5) is 0 Å². The molecule has 1 aliphatic rings. The highest BCUT2D eigenvalue weighted by Crippen LogP contribution is 2.26. The highest BCUT2D eigenvalue weighted by Gasteiger charge is 2.21. The summed E-state index contributed by atoms with van der Waals surface area (Å²) in [4.78, 5) is 11.7. The van der Waals surface area contributed by atoms with E-state index in [4.69, 9.17) is 16.6 Å². The molecule has 0 radical (unpaired) electrons. The third kappa shape index (κ3) is 2.52. The molecule has 0 unspecified atom stereocenters. The van der Waals surface area contributed by atoms with E-state index in [2.05, 4.69) is 34.4 Å². The van der Waals surface area contributed by atoms with Crippen molar-refractivity contribution in [3.05, 3.63) is 58.3 Å². The van der Waals surface area contributed by atoms with Gasteiger partial charge in [-0.05, 0) is 37.6 Å². The van der Waals surface area contributed by atoms with Gasteiger partial charge in [0, 0.05) is 41.9 Å². The lowest BCUT2D eigenvalue weighted by molar-refractivity contribution is 0.208. The van der Waals surface area contributed by atoms with Gasteiger partial charge >= 0.3 is 0 Å². The van der Waals surface area contributed by atoms with Crippen molar-refractivity contribution in [1.82, 2.24) is 19.4 Å². The molecule has 5 heteroatoms. The maximum Gasteiger partial charge on any atom is 0.123 e. The van der Waals surface area contributed by atoms with Crippen molar-refractivity contribution in [2.24, 2.45) is 0 Å². The molecule has 0 atom stereocenters. The van der Waals surface area contributed by atoms with Crippen molar-refractivity contribution in [1.29, 1.82) is 0 Å². The monoisotopic (exact) mass is 326 g/mol. The molecule has 0 amide bonds. The smallest absolute Gasteiger partial charge is 0.123 e. The molecule has 1 aromatic carbocycles. The van der Waals surface area contributed by atoms with E-state index >= 15 is 0 Å². The zero-order valence-corrected chi connectivity index (χ0v) is 14.1. The van der Waals surface area contributed by atoms with E-state index in [9.17, 15) is 0 Å². The number of benzene rings is 1. The van der Waals surface area contributed by atoms with Crippen molar-refractivity contribution in [2.75, 3.05) is 6.54 Å². The Balaban J connectivity index is 1.64. The van der Waals surface area contributed by atoms with Gasteiger partial charge in [-0.25, -0.2) is 4.98 Å². The van der Waals surface area contributed by atoms with Crippen LogP contribution in [0.2, 0.25) is 5.02 Å². The molecule has 4 nitrogen and oxygen atoms in total. The largest absolute Gasteiger partial charge is 0.330 e. The molecular weight excluding hydrogens is 308 g/mol. The quantitative estimate of drug-likeness (QED) is 0.719. The minimum atomic E-state index is 0.761. The molecule has 4 rings (SSSR count). The second kappa shape index (κ2) is 5.62. The van der Waals surface area contributed by atoms with Crippen LogP contribution in [0.25, 0.3) is 10.9 Å². The normalized spacial score (nSPS) is 15.1. The van der Waals surface area contributed by atoms with Crippen LogP contribution in [0.1, 0.15) is 22.8 Å². The lowest BCUT2D eigenvalue weighted by Gasteiger charge is -2.28. The summed E-state index contributed by atoms with van der Waals surface area (Å²) in [6, 6.07) is 8.03. The number of pyridine rings is 1. The van der Waals surface area contributed by atoms with Gasteiger partial charge in [0.05, 0.1) is 17.8 Å². The number of hydrogen-bond acceptors (Lipinski definition) is 3. The van der Waals surface area contributed by atoms with Crippen molar-refractivity contribution in [3.63, 3.8) is 0 Å². The van der Waals surface area contributed by atoms with Crippen molar-refractivity contribution in [2.45, 2.75) is 33.5 Å². The van der Waals surface area contributed by atoms with E-state index in [0.29, 0.717) is 0 Å². The number of fused-ring (bicyclic) bond motifs is 2. The van der Waals surface area contributed by atoms with Crippen molar-refractivity contribution < 1.29 is 0 Å². The fraction of sp³-hybridized carbons (Fsp3) is 0.333. The Morgan fingerprint density at radius 1 is 1.17 bits per heavy atom. The summed E-state index contributed by atoms with van der Waals surface area (Å²) in [7, 11) is 0. The molecule has 0 bridgehead atoms. The fourth-order valence-corrected chi connectivity index (χ4v) is 3.58. The highest BCUT2D eigenvalue weighted by atomic mass is 35.5. The molecule has 0 N–H and O–H groups in total. The average molecular weight is 327 g/mol. The van der Waals surface area contributed by atoms with Gasteiger partial charge in [-0.2, -0.15) is 0 Å². The first-order valence-corrected chi connectivity index (χ1v) is 8.28. The number of nitrogens with zero attached hydrogens (tertiary/aromatic N) is 4. The number of rotatable bonds is 2. The summed E-state index contributed by atoms with van der Waals surface area (Å²) in [6.45, 7) is 8.02. The van der Waals surface area contributed by atoms with Crippen LogP contribution in [0.5, 0.6) is 0 Å². The Morgan fingerprint density at radius 2 is 2.04 bits per heavy atom. The molecule has 2 aromatic heterocycles. The molecule has 3 heterocycles. The van der Waals surface area contributed by atoms with Crippen LogP contribution >= 0.6 is 11.6 Å². The lowest BCUT2D eigenvalue weighted by Crippen LogP contribution is -2.33. The Kier molecular flexibility index (Phi) is 3.58. The van der Waals surface area contributed by atoms with Gasteiger partial charge in [-0.15, -0.1) is 0 Å². The van der Waals surface area contributed by atoms with E-state index in [0.717, 1.165) is 53.6 Å². The lowest BCUT2D eigenvalue weighted by atomic mass is 10.1. The Hall–Kier alpha value is -1.91. The number of imidazole rings is 1. The molecule has 1 aliphatic heterocycles. The Morgan fingerprint density at radius 3 is 2.91 bits per heavy atom. The molecule has 0 saturated heterocycles. The Labute approximate surface area is 140 Å². The van der Waals surface area contributed by atoms with Gasteiger partial charge in [0.2, 0.25) is 0 Å².